The molecule has 0 spiro atoms. The molecule has 0 saturated heterocycles. The maximum absolute atomic E-state index is 13.1. The lowest BCUT2D eigenvalue weighted by atomic mass is 10.2. The van der Waals surface area contributed by atoms with Crippen molar-refractivity contribution in [3.8, 4) is 11.4 Å². The van der Waals surface area contributed by atoms with Gasteiger partial charge in [0.15, 0.2) is 5.69 Å². The van der Waals surface area contributed by atoms with Crippen molar-refractivity contribution >= 4 is 33.2 Å². The SMILES string of the molecule is O=[N+]([O-])c1c(Cl)nc(F)nc1-c1nc(F)ncc1Br. The van der Waals surface area contributed by atoms with Gasteiger partial charge in [0.1, 0.15) is 5.69 Å². The standard InChI is InChI=1S/C8HBrClF2N5O2/c9-2-1-13-7(11)14-3(2)4-5(17(18)19)6(10)16-8(12)15-4/h1H. The highest BCUT2D eigenvalue weighted by atomic mass is 79.9. The van der Waals surface area contributed by atoms with Crippen LogP contribution in [-0.4, -0.2) is 24.9 Å². The molecule has 0 atom stereocenters. The predicted molar refractivity (Wildman–Crippen MR) is 62.3 cm³/mol. The average Bonchev–Trinajstić information content (AvgIpc) is 2.30. The van der Waals surface area contributed by atoms with Gasteiger partial charge in [-0.3, -0.25) is 10.1 Å². The Bertz CT molecular complexity index is 686. The summed E-state index contributed by atoms with van der Waals surface area (Å²) in [5.41, 5.74) is -1.63. The van der Waals surface area contributed by atoms with E-state index in [-0.39, 0.29) is 10.2 Å². The van der Waals surface area contributed by atoms with Crippen LogP contribution < -0.4 is 0 Å². The fourth-order valence-corrected chi connectivity index (χ4v) is 1.85. The maximum Gasteiger partial charge on any atom is 0.334 e. The highest BCUT2D eigenvalue weighted by Gasteiger charge is 2.27. The number of aromatic nitrogens is 4. The Hall–Kier alpha value is -1.81. The Morgan fingerprint density at radius 1 is 1.21 bits per heavy atom. The van der Waals surface area contributed by atoms with E-state index in [2.05, 4.69) is 35.9 Å². The van der Waals surface area contributed by atoms with Crippen molar-refractivity contribution in [3.63, 3.8) is 0 Å². The first kappa shape index (κ1) is 13.6. The lowest BCUT2D eigenvalue weighted by Crippen LogP contribution is -2.04. The zero-order valence-corrected chi connectivity index (χ0v) is 11.0. The van der Waals surface area contributed by atoms with Crippen LogP contribution in [0.1, 0.15) is 0 Å². The largest absolute Gasteiger partial charge is 0.334 e. The average molecular weight is 352 g/mol. The molecule has 0 fully saturated rings. The van der Waals surface area contributed by atoms with Crippen LogP contribution in [0, 0.1) is 22.3 Å². The van der Waals surface area contributed by atoms with Crippen molar-refractivity contribution in [2.45, 2.75) is 0 Å². The minimum absolute atomic E-state index is 0.0890. The van der Waals surface area contributed by atoms with E-state index in [4.69, 9.17) is 11.6 Å². The third kappa shape index (κ3) is 2.63. The van der Waals surface area contributed by atoms with Gasteiger partial charge in [-0.05, 0) is 15.9 Å². The zero-order chi connectivity index (χ0) is 14.2. The summed E-state index contributed by atoms with van der Waals surface area (Å²) in [6.45, 7) is 0. The van der Waals surface area contributed by atoms with Crippen LogP contribution in [0.3, 0.4) is 0 Å². The summed E-state index contributed by atoms with van der Waals surface area (Å²) in [6.07, 6.45) is -1.44. The molecule has 0 aromatic carbocycles. The van der Waals surface area contributed by atoms with Gasteiger partial charge in [-0.1, -0.05) is 11.6 Å². The van der Waals surface area contributed by atoms with Gasteiger partial charge >= 0.3 is 17.8 Å². The van der Waals surface area contributed by atoms with Crippen molar-refractivity contribution < 1.29 is 13.7 Å². The molecule has 0 aliphatic carbocycles. The molecule has 0 radical (unpaired) electrons. The number of halogens is 4. The Morgan fingerprint density at radius 3 is 2.47 bits per heavy atom. The van der Waals surface area contributed by atoms with Gasteiger partial charge in [0, 0.05) is 6.20 Å². The molecule has 0 N–H and O–H groups in total. The predicted octanol–water partition coefficient (Wildman–Crippen LogP) is 2.54. The molecular weight excluding hydrogens is 351 g/mol. The second-order valence-corrected chi connectivity index (χ2v) is 4.29. The summed E-state index contributed by atoms with van der Waals surface area (Å²) in [5, 5.41) is 10.2. The van der Waals surface area contributed by atoms with Gasteiger partial charge in [-0.25, -0.2) is 4.98 Å². The van der Waals surface area contributed by atoms with Crippen LogP contribution in [-0.2, 0) is 0 Å². The molecule has 0 aliphatic rings. The number of hydrogen-bond donors (Lipinski definition) is 0. The van der Waals surface area contributed by atoms with Crippen LogP contribution >= 0.6 is 27.5 Å². The monoisotopic (exact) mass is 351 g/mol. The first-order valence-corrected chi connectivity index (χ1v) is 5.63. The van der Waals surface area contributed by atoms with Gasteiger partial charge in [0.25, 0.3) is 0 Å². The molecule has 98 valence electrons. The van der Waals surface area contributed by atoms with E-state index in [1.165, 1.54) is 0 Å². The summed E-state index contributed by atoms with van der Waals surface area (Å²) < 4.78 is 26.2. The third-order valence-corrected chi connectivity index (χ3v) is 2.78. The lowest BCUT2D eigenvalue weighted by Gasteiger charge is -2.04. The fraction of sp³-hybridized carbons (Fsp3) is 0. The molecule has 11 heteroatoms. The maximum atomic E-state index is 13.1. The van der Waals surface area contributed by atoms with Crippen molar-refractivity contribution in [3.05, 3.63) is 38.1 Å². The first-order valence-electron chi connectivity index (χ1n) is 4.46. The molecule has 2 rings (SSSR count). The Kier molecular flexibility index (Phi) is 3.62. The highest BCUT2D eigenvalue weighted by molar-refractivity contribution is 9.10. The van der Waals surface area contributed by atoms with E-state index in [9.17, 15) is 18.9 Å². The normalized spacial score (nSPS) is 10.5. The number of hydrogen-bond acceptors (Lipinski definition) is 6. The van der Waals surface area contributed by atoms with Gasteiger partial charge in [-0.2, -0.15) is 23.7 Å². The second kappa shape index (κ2) is 5.05. The Balaban J connectivity index is 2.81. The summed E-state index contributed by atoms with van der Waals surface area (Å²) >= 11 is 8.45. The van der Waals surface area contributed by atoms with Crippen LogP contribution in [0.15, 0.2) is 10.7 Å². The molecule has 2 aromatic heterocycles. The van der Waals surface area contributed by atoms with Crippen molar-refractivity contribution in [1.82, 2.24) is 19.9 Å². The van der Waals surface area contributed by atoms with E-state index in [0.29, 0.717) is 0 Å². The van der Waals surface area contributed by atoms with Gasteiger partial charge in [-0.15, -0.1) is 0 Å². The van der Waals surface area contributed by atoms with Crippen LogP contribution in [0.4, 0.5) is 14.5 Å². The van der Waals surface area contributed by atoms with E-state index >= 15 is 0 Å². The van der Waals surface area contributed by atoms with Gasteiger partial charge < -0.3 is 0 Å². The molecule has 19 heavy (non-hydrogen) atoms. The summed E-state index contributed by atoms with van der Waals surface area (Å²) in [4.78, 5) is 22.8. The quantitative estimate of drug-likeness (QED) is 0.357. The molecule has 0 amide bonds. The van der Waals surface area contributed by atoms with E-state index in [1.54, 1.807) is 0 Å². The molecule has 0 saturated carbocycles. The van der Waals surface area contributed by atoms with E-state index < -0.39 is 33.6 Å². The van der Waals surface area contributed by atoms with Crippen molar-refractivity contribution in [2.24, 2.45) is 0 Å². The Morgan fingerprint density at radius 2 is 1.84 bits per heavy atom. The second-order valence-electron chi connectivity index (χ2n) is 3.07. The zero-order valence-electron chi connectivity index (χ0n) is 8.64. The van der Waals surface area contributed by atoms with Crippen molar-refractivity contribution in [2.75, 3.05) is 0 Å². The van der Waals surface area contributed by atoms with Crippen LogP contribution in [0.2, 0.25) is 5.15 Å². The number of nitro groups is 1. The highest BCUT2D eigenvalue weighted by Crippen LogP contribution is 2.35. The molecule has 0 unspecified atom stereocenters. The van der Waals surface area contributed by atoms with Crippen molar-refractivity contribution in [1.29, 1.82) is 0 Å². The minimum atomic E-state index is -1.29. The minimum Gasteiger partial charge on any atom is -0.258 e. The third-order valence-electron chi connectivity index (χ3n) is 1.94. The Labute approximate surface area is 117 Å². The topological polar surface area (TPSA) is 94.7 Å². The van der Waals surface area contributed by atoms with E-state index in [1.807, 2.05) is 0 Å². The molecule has 2 aromatic rings. The van der Waals surface area contributed by atoms with Crippen LogP contribution in [0.25, 0.3) is 11.4 Å². The number of rotatable bonds is 2. The van der Waals surface area contributed by atoms with Crippen LogP contribution in [0.5, 0.6) is 0 Å². The molecule has 0 bridgehead atoms. The first-order chi connectivity index (χ1) is 8.90. The molecule has 2 heterocycles. The van der Waals surface area contributed by atoms with Gasteiger partial charge in [0.05, 0.1) is 9.40 Å². The summed E-state index contributed by atoms with van der Waals surface area (Å²) in [7, 11) is 0. The molecule has 0 aliphatic heterocycles. The number of nitrogens with zero attached hydrogens (tertiary/aromatic N) is 5. The molecule has 7 nitrogen and oxygen atoms in total. The van der Waals surface area contributed by atoms with E-state index in [0.717, 1.165) is 6.20 Å². The lowest BCUT2D eigenvalue weighted by molar-refractivity contribution is -0.384. The smallest absolute Gasteiger partial charge is 0.258 e. The fourth-order valence-electron chi connectivity index (χ4n) is 1.24. The molecular formula is C8HBrClF2N5O2. The summed E-state index contributed by atoms with van der Waals surface area (Å²) in [5.74, 6) is 0. The summed E-state index contributed by atoms with van der Waals surface area (Å²) in [6, 6.07) is 0. The van der Waals surface area contributed by atoms with Gasteiger partial charge in [0.2, 0.25) is 5.15 Å².